The lowest BCUT2D eigenvalue weighted by Crippen LogP contribution is -2.14. The minimum atomic E-state index is -3.62. The van der Waals surface area contributed by atoms with Crippen LogP contribution in [0.4, 0.5) is 5.69 Å². The number of hydrogen-bond donors (Lipinski definition) is 2. The van der Waals surface area contributed by atoms with Crippen molar-refractivity contribution in [2.45, 2.75) is 31.7 Å². The number of aromatic nitrogens is 1. The van der Waals surface area contributed by atoms with Gasteiger partial charge >= 0.3 is 0 Å². The van der Waals surface area contributed by atoms with Crippen LogP contribution in [0, 0.1) is 6.92 Å². The van der Waals surface area contributed by atoms with Crippen LogP contribution in [0.5, 0.6) is 0 Å². The first-order valence-electron chi connectivity index (χ1n) is 6.73. The maximum absolute atomic E-state index is 12.4. The van der Waals surface area contributed by atoms with Gasteiger partial charge < -0.3 is 5.73 Å². The maximum Gasteiger partial charge on any atom is 0.261 e. The van der Waals surface area contributed by atoms with Crippen LogP contribution in [-0.4, -0.2) is 13.4 Å². The minimum absolute atomic E-state index is 0.217. The van der Waals surface area contributed by atoms with Gasteiger partial charge in [0.05, 0.1) is 10.6 Å². The molecule has 0 saturated heterocycles. The van der Waals surface area contributed by atoms with Gasteiger partial charge in [-0.3, -0.25) is 9.71 Å². The molecular weight excluding hydrogens is 286 g/mol. The van der Waals surface area contributed by atoms with E-state index in [1.165, 1.54) is 0 Å². The Hall–Kier alpha value is -1.92. The Bertz CT molecular complexity index is 742. The molecule has 5 nitrogen and oxygen atoms in total. The van der Waals surface area contributed by atoms with Crippen LogP contribution in [0.3, 0.4) is 0 Å². The van der Waals surface area contributed by atoms with Crippen molar-refractivity contribution in [2.75, 3.05) is 4.72 Å². The summed E-state index contributed by atoms with van der Waals surface area (Å²) in [6, 6.07) is 8.36. The predicted octanol–water partition coefficient (Wildman–Crippen LogP) is 2.21. The summed E-state index contributed by atoms with van der Waals surface area (Å²) in [5.41, 5.74) is 8.85. The van der Waals surface area contributed by atoms with Crippen LogP contribution in [0.15, 0.2) is 41.4 Å². The van der Waals surface area contributed by atoms with Gasteiger partial charge in [0.15, 0.2) is 0 Å². The lowest BCUT2D eigenvalue weighted by molar-refractivity contribution is 0.601. The highest BCUT2D eigenvalue weighted by atomic mass is 32.2. The summed E-state index contributed by atoms with van der Waals surface area (Å²) in [5.74, 6) is 0. The standard InChI is InChI=1S/C15H19N3O2S/c1-3-12-4-5-15(9-13(12)10-16)21(19,20)18-14-6-7-17-11(2)8-14/h4-9H,3,10,16H2,1-2H3,(H,17,18). The number of anilines is 1. The largest absolute Gasteiger partial charge is 0.326 e. The fourth-order valence-corrected chi connectivity index (χ4v) is 3.23. The molecule has 0 atom stereocenters. The van der Waals surface area contributed by atoms with Crippen molar-refractivity contribution in [2.24, 2.45) is 5.73 Å². The van der Waals surface area contributed by atoms with E-state index in [1.54, 1.807) is 37.4 Å². The van der Waals surface area contributed by atoms with Crippen molar-refractivity contribution in [3.63, 3.8) is 0 Å². The molecule has 112 valence electrons. The highest BCUT2D eigenvalue weighted by molar-refractivity contribution is 7.92. The molecule has 2 aromatic rings. The summed E-state index contributed by atoms with van der Waals surface area (Å²) < 4.78 is 27.4. The van der Waals surface area contributed by atoms with Gasteiger partial charge in [-0.2, -0.15) is 0 Å². The van der Waals surface area contributed by atoms with Crippen LogP contribution in [0.25, 0.3) is 0 Å². The van der Waals surface area contributed by atoms with E-state index in [0.717, 1.165) is 23.2 Å². The van der Waals surface area contributed by atoms with Gasteiger partial charge in [0, 0.05) is 18.4 Å². The molecule has 3 N–H and O–H groups in total. The number of rotatable bonds is 5. The van der Waals surface area contributed by atoms with E-state index < -0.39 is 10.0 Å². The number of nitrogens with one attached hydrogen (secondary N) is 1. The van der Waals surface area contributed by atoms with Gasteiger partial charge in [-0.25, -0.2) is 8.42 Å². The first-order chi connectivity index (χ1) is 9.96. The second-order valence-electron chi connectivity index (χ2n) is 4.78. The van der Waals surface area contributed by atoms with Crippen molar-refractivity contribution in [1.82, 2.24) is 4.98 Å². The molecule has 0 amide bonds. The normalized spacial score (nSPS) is 11.4. The quantitative estimate of drug-likeness (QED) is 0.887. The van der Waals surface area contributed by atoms with Crippen LogP contribution in [0.1, 0.15) is 23.7 Å². The monoisotopic (exact) mass is 305 g/mol. The molecule has 0 bridgehead atoms. The second kappa shape index (κ2) is 6.24. The Morgan fingerprint density at radius 2 is 1.95 bits per heavy atom. The van der Waals surface area contributed by atoms with Crippen molar-refractivity contribution < 1.29 is 8.42 Å². The number of aryl methyl sites for hydroxylation is 2. The van der Waals surface area contributed by atoms with E-state index in [9.17, 15) is 8.42 Å². The lowest BCUT2D eigenvalue weighted by atomic mass is 10.1. The molecule has 0 aliphatic carbocycles. The number of benzene rings is 1. The van der Waals surface area contributed by atoms with Crippen molar-refractivity contribution >= 4 is 15.7 Å². The molecule has 0 spiro atoms. The van der Waals surface area contributed by atoms with E-state index in [0.29, 0.717) is 12.2 Å². The molecule has 0 aliphatic heterocycles. The lowest BCUT2D eigenvalue weighted by Gasteiger charge is -2.11. The molecule has 2 rings (SSSR count). The zero-order valence-corrected chi connectivity index (χ0v) is 12.9. The molecule has 1 aromatic heterocycles. The predicted molar refractivity (Wildman–Crippen MR) is 83.5 cm³/mol. The summed E-state index contributed by atoms with van der Waals surface area (Å²) in [7, 11) is -3.62. The minimum Gasteiger partial charge on any atom is -0.326 e. The van der Waals surface area contributed by atoms with Gasteiger partial charge in [-0.15, -0.1) is 0 Å². The highest BCUT2D eigenvalue weighted by Gasteiger charge is 2.15. The zero-order chi connectivity index (χ0) is 15.5. The fraction of sp³-hybridized carbons (Fsp3) is 0.267. The molecule has 21 heavy (non-hydrogen) atoms. The SMILES string of the molecule is CCc1ccc(S(=O)(=O)Nc2ccnc(C)c2)cc1CN. The second-order valence-corrected chi connectivity index (χ2v) is 6.46. The number of sulfonamides is 1. The number of nitrogens with zero attached hydrogens (tertiary/aromatic N) is 1. The number of nitrogens with two attached hydrogens (primary N) is 1. The first-order valence-corrected chi connectivity index (χ1v) is 8.22. The molecule has 1 heterocycles. The molecule has 0 saturated carbocycles. The summed E-state index contributed by atoms with van der Waals surface area (Å²) in [6.45, 7) is 4.14. The van der Waals surface area contributed by atoms with E-state index in [2.05, 4.69) is 9.71 Å². The van der Waals surface area contributed by atoms with Crippen LogP contribution in [0.2, 0.25) is 0 Å². The van der Waals surface area contributed by atoms with E-state index >= 15 is 0 Å². The van der Waals surface area contributed by atoms with Gasteiger partial charge in [0.2, 0.25) is 0 Å². The van der Waals surface area contributed by atoms with E-state index in [4.69, 9.17) is 5.73 Å². The molecule has 0 fully saturated rings. The molecule has 0 radical (unpaired) electrons. The summed E-state index contributed by atoms with van der Waals surface area (Å²) >= 11 is 0. The summed E-state index contributed by atoms with van der Waals surface area (Å²) in [5, 5.41) is 0. The number of pyridine rings is 1. The Morgan fingerprint density at radius 1 is 1.19 bits per heavy atom. The third-order valence-electron chi connectivity index (χ3n) is 3.24. The molecular formula is C15H19N3O2S. The van der Waals surface area contributed by atoms with Gasteiger partial charge in [-0.1, -0.05) is 13.0 Å². The maximum atomic E-state index is 12.4. The molecule has 0 aliphatic rings. The van der Waals surface area contributed by atoms with Gasteiger partial charge in [0.25, 0.3) is 10.0 Å². The first kappa shape index (κ1) is 15.5. The van der Waals surface area contributed by atoms with Gasteiger partial charge in [-0.05, 0) is 48.7 Å². The summed E-state index contributed by atoms with van der Waals surface area (Å²) in [4.78, 5) is 4.26. The fourth-order valence-electron chi connectivity index (χ4n) is 2.13. The zero-order valence-electron chi connectivity index (χ0n) is 12.1. The Labute approximate surface area is 125 Å². The average Bonchev–Trinajstić information content (AvgIpc) is 2.46. The Balaban J connectivity index is 2.35. The van der Waals surface area contributed by atoms with Crippen molar-refractivity contribution in [3.8, 4) is 0 Å². The average molecular weight is 305 g/mol. The molecule has 1 aromatic carbocycles. The third kappa shape index (κ3) is 3.59. The number of hydrogen-bond acceptors (Lipinski definition) is 4. The van der Waals surface area contributed by atoms with Crippen LogP contribution in [-0.2, 0) is 23.0 Å². The van der Waals surface area contributed by atoms with E-state index in [1.807, 2.05) is 13.0 Å². The van der Waals surface area contributed by atoms with Crippen molar-refractivity contribution in [1.29, 1.82) is 0 Å². The van der Waals surface area contributed by atoms with Crippen LogP contribution >= 0.6 is 0 Å². The van der Waals surface area contributed by atoms with Crippen molar-refractivity contribution in [3.05, 3.63) is 53.3 Å². The third-order valence-corrected chi connectivity index (χ3v) is 4.62. The molecule has 6 heteroatoms. The molecule has 0 unspecified atom stereocenters. The summed E-state index contributed by atoms with van der Waals surface area (Å²) in [6.07, 6.45) is 2.39. The van der Waals surface area contributed by atoms with E-state index in [-0.39, 0.29) is 4.90 Å². The Morgan fingerprint density at radius 3 is 2.57 bits per heavy atom. The smallest absolute Gasteiger partial charge is 0.261 e. The highest BCUT2D eigenvalue weighted by Crippen LogP contribution is 2.20. The van der Waals surface area contributed by atoms with Gasteiger partial charge in [0.1, 0.15) is 0 Å². The Kier molecular flexibility index (Phi) is 4.59. The topological polar surface area (TPSA) is 85.1 Å². The van der Waals surface area contributed by atoms with Crippen LogP contribution < -0.4 is 10.5 Å².